The summed E-state index contributed by atoms with van der Waals surface area (Å²) in [6, 6.07) is 0. The van der Waals surface area contributed by atoms with Crippen LogP contribution in [0, 0.1) is 0 Å². The first kappa shape index (κ1) is 16.9. The van der Waals surface area contributed by atoms with Crippen molar-refractivity contribution in [1.82, 2.24) is 0 Å². The Balaban J connectivity index is 4.49. The van der Waals surface area contributed by atoms with Crippen molar-refractivity contribution in [2.24, 2.45) is 0 Å². The monoisotopic (exact) mass is 268 g/mol. The first-order valence-corrected chi connectivity index (χ1v) is 4.99. The van der Waals surface area contributed by atoms with Crippen LogP contribution in [0.25, 0.3) is 0 Å². The molecule has 0 aliphatic rings. The van der Waals surface area contributed by atoms with E-state index in [1.54, 1.807) is 0 Å². The van der Waals surface area contributed by atoms with Crippen LogP contribution >= 0.6 is 0 Å². The molecule has 0 spiro atoms. The zero-order chi connectivity index (χ0) is 14.5. The molecule has 0 amide bonds. The van der Waals surface area contributed by atoms with E-state index >= 15 is 0 Å². The van der Waals surface area contributed by atoms with Crippen molar-refractivity contribution in [3.63, 3.8) is 0 Å². The number of carboxylic acids is 1. The Kier molecular flexibility index (Phi) is 6.91. The lowest BCUT2D eigenvalue weighted by atomic mass is 9.97. The summed E-state index contributed by atoms with van der Waals surface area (Å²) < 4.78 is 0. The number of carboxylic acid groups (broad SMARTS) is 1. The number of hydrogen-bond acceptors (Lipinski definition) is 8. The molecule has 0 aromatic carbocycles. The number of hydrogen-bond donors (Lipinski definition) is 7. The van der Waals surface area contributed by atoms with Crippen LogP contribution in [0.5, 0.6) is 0 Å². The zero-order valence-corrected chi connectivity index (χ0v) is 9.25. The SMILES string of the molecule is O=C(O)C(=O)C[C@@H](O)[C@@H](O)[C@@H](O)[C@@H](O)[C@H](O)CO. The smallest absolute Gasteiger partial charge is 0.372 e. The van der Waals surface area contributed by atoms with Gasteiger partial charge in [0.1, 0.15) is 24.4 Å². The van der Waals surface area contributed by atoms with Crippen LogP contribution in [0.4, 0.5) is 0 Å². The molecule has 0 saturated heterocycles. The largest absolute Gasteiger partial charge is 0.475 e. The van der Waals surface area contributed by atoms with Gasteiger partial charge in [-0.05, 0) is 0 Å². The van der Waals surface area contributed by atoms with E-state index in [0.717, 1.165) is 0 Å². The quantitative estimate of drug-likeness (QED) is 0.215. The summed E-state index contributed by atoms with van der Waals surface area (Å²) >= 11 is 0. The summed E-state index contributed by atoms with van der Waals surface area (Å²) in [5.41, 5.74) is 0. The molecule has 0 rings (SSSR count). The Bertz CT molecular complexity index is 292. The highest BCUT2D eigenvalue weighted by Gasteiger charge is 2.35. The van der Waals surface area contributed by atoms with Gasteiger partial charge in [0.05, 0.1) is 12.7 Å². The van der Waals surface area contributed by atoms with E-state index in [9.17, 15) is 30.0 Å². The van der Waals surface area contributed by atoms with Gasteiger partial charge in [-0.3, -0.25) is 4.79 Å². The average Bonchev–Trinajstić information content (AvgIpc) is 2.34. The first-order chi connectivity index (χ1) is 8.22. The van der Waals surface area contributed by atoms with Crippen LogP contribution in [-0.2, 0) is 9.59 Å². The molecule has 0 unspecified atom stereocenters. The van der Waals surface area contributed by atoms with Crippen LogP contribution in [0.1, 0.15) is 6.42 Å². The number of carbonyl (C=O) groups is 2. The van der Waals surface area contributed by atoms with Crippen molar-refractivity contribution in [2.75, 3.05) is 6.61 Å². The highest BCUT2D eigenvalue weighted by Crippen LogP contribution is 2.11. The van der Waals surface area contributed by atoms with Gasteiger partial charge < -0.3 is 35.7 Å². The van der Waals surface area contributed by atoms with Gasteiger partial charge in [0.25, 0.3) is 0 Å². The van der Waals surface area contributed by atoms with Crippen molar-refractivity contribution in [1.29, 1.82) is 0 Å². The van der Waals surface area contributed by atoms with Crippen molar-refractivity contribution >= 4 is 11.8 Å². The molecule has 9 nitrogen and oxygen atoms in total. The summed E-state index contributed by atoms with van der Waals surface area (Å²) in [6.45, 7) is -0.894. The molecule has 5 atom stereocenters. The van der Waals surface area contributed by atoms with E-state index in [2.05, 4.69) is 0 Å². The molecule has 18 heavy (non-hydrogen) atoms. The second kappa shape index (κ2) is 7.36. The summed E-state index contributed by atoms with van der Waals surface area (Å²) in [7, 11) is 0. The number of ketones is 1. The van der Waals surface area contributed by atoms with E-state index in [1.807, 2.05) is 0 Å². The highest BCUT2D eigenvalue weighted by molar-refractivity contribution is 6.32. The van der Waals surface area contributed by atoms with Crippen molar-refractivity contribution in [3.8, 4) is 0 Å². The van der Waals surface area contributed by atoms with Gasteiger partial charge in [-0.2, -0.15) is 0 Å². The molecule has 0 aliphatic heterocycles. The minimum Gasteiger partial charge on any atom is -0.475 e. The molecule has 0 radical (unpaired) electrons. The van der Waals surface area contributed by atoms with Gasteiger partial charge in [0, 0.05) is 6.42 Å². The van der Waals surface area contributed by atoms with E-state index in [0.29, 0.717) is 0 Å². The van der Waals surface area contributed by atoms with Gasteiger partial charge in [-0.1, -0.05) is 0 Å². The molecule has 0 saturated carbocycles. The van der Waals surface area contributed by atoms with Gasteiger partial charge in [0.15, 0.2) is 0 Å². The summed E-state index contributed by atoms with van der Waals surface area (Å²) in [5.74, 6) is -3.20. The molecule has 0 fully saturated rings. The molecule has 0 aromatic heterocycles. The van der Waals surface area contributed by atoms with Gasteiger partial charge in [-0.15, -0.1) is 0 Å². The number of aliphatic hydroxyl groups is 6. The van der Waals surface area contributed by atoms with E-state index in [-0.39, 0.29) is 0 Å². The maximum Gasteiger partial charge on any atom is 0.372 e. The maximum atomic E-state index is 10.7. The fourth-order valence-corrected chi connectivity index (χ4v) is 1.16. The lowest BCUT2D eigenvalue weighted by Crippen LogP contribution is -2.50. The Hall–Kier alpha value is -1.10. The van der Waals surface area contributed by atoms with Crippen molar-refractivity contribution in [2.45, 2.75) is 36.9 Å². The third-order valence-electron chi connectivity index (χ3n) is 2.31. The van der Waals surface area contributed by atoms with Gasteiger partial charge in [0.2, 0.25) is 5.78 Å². The van der Waals surface area contributed by atoms with Crippen LogP contribution < -0.4 is 0 Å². The lowest BCUT2D eigenvalue weighted by molar-refractivity contribution is -0.155. The standard InChI is InChI=1S/C9H16O9/c10-2-5(13)7(15)8(16)6(14)3(11)1-4(12)9(17)18/h3,5-8,10-11,13-16H,1-2H2,(H,17,18)/t3-,5-,6-,7+,8-/m1/s1. The van der Waals surface area contributed by atoms with Crippen molar-refractivity contribution < 1.29 is 45.3 Å². The second-order valence-corrected chi connectivity index (χ2v) is 3.72. The molecule has 0 heterocycles. The Morgan fingerprint density at radius 2 is 1.28 bits per heavy atom. The van der Waals surface area contributed by atoms with E-state index in [4.69, 9.17) is 15.3 Å². The Morgan fingerprint density at radius 3 is 1.67 bits per heavy atom. The first-order valence-electron chi connectivity index (χ1n) is 4.99. The van der Waals surface area contributed by atoms with Gasteiger partial charge in [-0.25, -0.2) is 4.79 Å². The predicted octanol–water partition coefficient (Wildman–Crippen LogP) is -4.17. The number of aliphatic carboxylic acids is 1. The molecular formula is C9H16O9. The predicted molar refractivity (Wildman–Crippen MR) is 54.4 cm³/mol. The Labute approximate surface area is 102 Å². The zero-order valence-electron chi connectivity index (χ0n) is 9.25. The molecule has 7 N–H and O–H groups in total. The average molecular weight is 268 g/mol. The van der Waals surface area contributed by atoms with E-state index in [1.165, 1.54) is 0 Å². The normalized spacial score (nSPS) is 19.7. The number of rotatable bonds is 8. The van der Waals surface area contributed by atoms with Gasteiger partial charge >= 0.3 is 5.97 Å². The van der Waals surface area contributed by atoms with Crippen LogP contribution in [0.3, 0.4) is 0 Å². The van der Waals surface area contributed by atoms with Crippen LogP contribution in [0.2, 0.25) is 0 Å². The number of carbonyl (C=O) groups excluding carboxylic acids is 1. The molecule has 9 heteroatoms. The lowest BCUT2D eigenvalue weighted by Gasteiger charge is -2.28. The number of aliphatic hydroxyl groups excluding tert-OH is 6. The maximum absolute atomic E-state index is 10.7. The van der Waals surface area contributed by atoms with E-state index < -0.39 is 55.3 Å². The third kappa shape index (κ3) is 4.64. The molecule has 0 aliphatic carbocycles. The van der Waals surface area contributed by atoms with Crippen LogP contribution in [0.15, 0.2) is 0 Å². The third-order valence-corrected chi connectivity index (χ3v) is 2.31. The fraction of sp³-hybridized carbons (Fsp3) is 0.778. The molecule has 0 bridgehead atoms. The van der Waals surface area contributed by atoms with Crippen LogP contribution in [-0.4, -0.2) is 84.6 Å². The summed E-state index contributed by atoms with van der Waals surface area (Å²) in [6.07, 6.45) is -10.7. The topological polar surface area (TPSA) is 176 Å². The molecule has 106 valence electrons. The molecule has 0 aromatic rings. The Morgan fingerprint density at radius 1 is 0.833 bits per heavy atom. The fourth-order valence-electron chi connectivity index (χ4n) is 1.16. The minimum atomic E-state index is -2.05. The highest BCUT2D eigenvalue weighted by atomic mass is 16.4. The summed E-state index contributed by atoms with van der Waals surface area (Å²) in [5, 5.41) is 62.9. The van der Waals surface area contributed by atoms with Crippen molar-refractivity contribution in [3.05, 3.63) is 0 Å². The number of Topliss-reactive ketones (excluding diaryl/α,β-unsaturated/α-hetero) is 1. The summed E-state index contributed by atoms with van der Waals surface area (Å²) in [4.78, 5) is 20.9. The molecular weight excluding hydrogens is 252 g/mol. The minimum absolute atomic E-state index is 0.894. The second-order valence-electron chi connectivity index (χ2n) is 3.72.